The SMILES string of the molecule is CCCOc1ccc(C(N)CN)cc1Cc1ccccc1. The van der Waals surface area contributed by atoms with E-state index in [0.717, 1.165) is 36.3 Å². The van der Waals surface area contributed by atoms with Gasteiger partial charge in [-0.3, -0.25) is 0 Å². The molecule has 2 aromatic carbocycles. The van der Waals surface area contributed by atoms with Crippen molar-refractivity contribution >= 4 is 0 Å². The van der Waals surface area contributed by atoms with Crippen molar-refractivity contribution in [2.24, 2.45) is 11.5 Å². The van der Waals surface area contributed by atoms with E-state index in [1.165, 1.54) is 5.56 Å². The molecule has 0 heterocycles. The van der Waals surface area contributed by atoms with E-state index in [1.807, 2.05) is 18.2 Å². The second-order valence-corrected chi connectivity index (χ2v) is 5.22. The lowest BCUT2D eigenvalue weighted by atomic mass is 9.99. The van der Waals surface area contributed by atoms with Gasteiger partial charge in [0.25, 0.3) is 0 Å². The second-order valence-electron chi connectivity index (χ2n) is 5.22. The van der Waals surface area contributed by atoms with Gasteiger partial charge in [0.1, 0.15) is 5.75 Å². The summed E-state index contributed by atoms with van der Waals surface area (Å²) in [6.45, 7) is 3.28. The molecule has 1 unspecified atom stereocenters. The summed E-state index contributed by atoms with van der Waals surface area (Å²) < 4.78 is 5.85. The smallest absolute Gasteiger partial charge is 0.122 e. The Bertz CT molecular complexity index is 554. The summed E-state index contributed by atoms with van der Waals surface area (Å²) in [5.74, 6) is 0.939. The first-order valence-electron chi connectivity index (χ1n) is 7.49. The first-order valence-corrected chi connectivity index (χ1v) is 7.49. The summed E-state index contributed by atoms with van der Waals surface area (Å²) >= 11 is 0. The van der Waals surface area contributed by atoms with Crippen LogP contribution in [0.15, 0.2) is 48.5 Å². The van der Waals surface area contributed by atoms with Crippen molar-refractivity contribution in [3.8, 4) is 5.75 Å². The zero-order valence-electron chi connectivity index (χ0n) is 12.6. The minimum Gasteiger partial charge on any atom is -0.493 e. The Labute approximate surface area is 126 Å². The van der Waals surface area contributed by atoms with E-state index in [4.69, 9.17) is 16.2 Å². The first-order chi connectivity index (χ1) is 10.2. The summed E-state index contributed by atoms with van der Waals surface area (Å²) in [7, 11) is 0. The van der Waals surface area contributed by atoms with Crippen LogP contribution in [0.25, 0.3) is 0 Å². The first kappa shape index (κ1) is 15.5. The summed E-state index contributed by atoms with van der Waals surface area (Å²) in [5, 5.41) is 0. The second kappa shape index (κ2) is 7.81. The van der Waals surface area contributed by atoms with E-state index < -0.39 is 0 Å². The number of rotatable bonds is 7. The van der Waals surface area contributed by atoms with Crippen LogP contribution < -0.4 is 16.2 Å². The fourth-order valence-electron chi connectivity index (χ4n) is 2.27. The zero-order chi connectivity index (χ0) is 15.1. The molecule has 0 bridgehead atoms. The van der Waals surface area contributed by atoms with Crippen LogP contribution in [-0.4, -0.2) is 13.2 Å². The molecule has 0 aliphatic heterocycles. The number of nitrogens with two attached hydrogens (primary N) is 2. The topological polar surface area (TPSA) is 61.3 Å². The van der Waals surface area contributed by atoms with E-state index in [-0.39, 0.29) is 6.04 Å². The number of benzene rings is 2. The van der Waals surface area contributed by atoms with Crippen LogP contribution in [-0.2, 0) is 6.42 Å². The Kier molecular flexibility index (Phi) is 5.78. The Morgan fingerprint density at radius 1 is 1.10 bits per heavy atom. The van der Waals surface area contributed by atoms with Gasteiger partial charge in [-0.15, -0.1) is 0 Å². The van der Waals surface area contributed by atoms with Crippen LogP contribution in [0.2, 0.25) is 0 Å². The van der Waals surface area contributed by atoms with Gasteiger partial charge in [0.2, 0.25) is 0 Å². The molecule has 0 aliphatic carbocycles. The van der Waals surface area contributed by atoms with Gasteiger partial charge in [0.05, 0.1) is 6.61 Å². The normalized spacial score (nSPS) is 12.1. The molecule has 1 atom stereocenters. The Morgan fingerprint density at radius 2 is 1.86 bits per heavy atom. The van der Waals surface area contributed by atoms with Crippen LogP contribution in [0.3, 0.4) is 0 Å². The lowest BCUT2D eigenvalue weighted by Gasteiger charge is -2.15. The van der Waals surface area contributed by atoms with Gasteiger partial charge in [-0.05, 0) is 29.2 Å². The average Bonchev–Trinajstić information content (AvgIpc) is 2.54. The molecule has 3 heteroatoms. The van der Waals surface area contributed by atoms with Crippen molar-refractivity contribution < 1.29 is 4.74 Å². The highest BCUT2D eigenvalue weighted by molar-refractivity contribution is 5.41. The van der Waals surface area contributed by atoms with Crippen molar-refractivity contribution in [3.05, 3.63) is 65.2 Å². The summed E-state index contributed by atoms with van der Waals surface area (Å²) in [5.41, 5.74) is 15.2. The van der Waals surface area contributed by atoms with Crippen molar-refractivity contribution in [3.63, 3.8) is 0 Å². The van der Waals surface area contributed by atoms with E-state index in [2.05, 4.69) is 37.3 Å². The predicted octanol–water partition coefficient (Wildman–Crippen LogP) is 3.02. The fraction of sp³-hybridized carbons (Fsp3) is 0.333. The molecule has 0 amide bonds. The molecule has 2 rings (SSSR count). The summed E-state index contributed by atoms with van der Waals surface area (Å²) in [6, 6.07) is 16.4. The van der Waals surface area contributed by atoms with Crippen LogP contribution in [0, 0.1) is 0 Å². The van der Waals surface area contributed by atoms with Gasteiger partial charge in [-0.25, -0.2) is 0 Å². The maximum atomic E-state index is 6.04. The molecule has 3 nitrogen and oxygen atoms in total. The molecular weight excluding hydrogens is 260 g/mol. The van der Waals surface area contributed by atoms with Gasteiger partial charge < -0.3 is 16.2 Å². The van der Waals surface area contributed by atoms with Gasteiger partial charge >= 0.3 is 0 Å². The average molecular weight is 284 g/mol. The standard InChI is InChI=1S/C18H24N2O/c1-2-10-21-18-9-8-15(17(20)13-19)12-16(18)11-14-6-4-3-5-7-14/h3-9,12,17H,2,10-11,13,19-20H2,1H3. The van der Waals surface area contributed by atoms with Crippen molar-refractivity contribution in [2.75, 3.05) is 13.2 Å². The van der Waals surface area contributed by atoms with Crippen LogP contribution in [0.1, 0.15) is 36.1 Å². The highest BCUT2D eigenvalue weighted by Crippen LogP contribution is 2.25. The van der Waals surface area contributed by atoms with Crippen LogP contribution in [0.5, 0.6) is 5.75 Å². The third-order valence-electron chi connectivity index (χ3n) is 3.47. The summed E-state index contributed by atoms with van der Waals surface area (Å²) in [4.78, 5) is 0. The fourth-order valence-corrected chi connectivity index (χ4v) is 2.27. The quantitative estimate of drug-likeness (QED) is 0.821. The monoisotopic (exact) mass is 284 g/mol. The number of ether oxygens (including phenoxy) is 1. The molecule has 2 aromatic rings. The molecule has 0 saturated heterocycles. The molecule has 0 radical (unpaired) electrons. The molecular formula is C18H24N2O. The zero-order valence-corrected chi connectivity index (χ0v) is 12.6. The van der Waals surface area contributed by atoms with Crippen molar-refractivity contribution in [1.82, 2.24) is 0 Å². The molecule has 0 spiro atoms. The minimum atomic E-state index is -0.125. The van der Waals surface area contributed by atoms with Gasteiger partial charge in [-0.1, -0.05) is 49.4 Å². The van der Waals surface area contributed by atoms with E-state index >= 15 is 0 Å². The van der Waals surface area contributed by atoms with Crippen LogP contribution in [0.4, 0.5) is 0 Å². The molecule has 0 aromatic heterocycles. The van der Waals surface area contributed by atoms with Crippen LogP contribution >= 0.6 is 0 Å². The lowest BCUT2D eigenvalue weighted by Crippen LogP contribution is -2.20. The molecule has 0 saturated carbocycles. The maximum absolute atomic E-state index is 6.04. The Morgan fingerprint density at radius 3 is 2.52 bits per heavy atom. The van der Waals surface area contributed by atoms with Gasteiger partial charge in [0, 0.05) is 19.0 Å². The Hall–Kier alpha value is -1.84. The number of hydrogen-bond acceptors (Lipinski definition) is 3. The number of hydrogen-bond donors (Lipinski definition) is 2. The molecule has 21 heavy (non-hydrogen) atoms. The summed E-state index contributed by atoms with van der Waals surface area (Å²) in [6.07, 6.45) is 1.83. The van der Waals surface area contributed by atoms with Crippen molar-refractivity contribution in [1.29, 1.82) is 0 Å². The highest BCUT2D eigenvalue weighted by atomic mass is 16.5. The predicted molar refractivity (Wildman–Crippen MR) is 87.5 cm³/mol. The maximum Gasteiger partial charge on any atom is 0.122 e. The molecule has 4 N–H and O–H groups in total. The Balaban J connectivity index is 2.28. The highest BCUT2D eigenvalue weighted by Gasteiger charge is 2.10. The molecule has 0 aliphatic rings. The van der Waals surface area contributed by atoms with E-state index in [0.29, 0.717) is 6.54 Å². The van der Waals surface area contributed by atoms with Gasteiger partial charge in [-0.2, -0.15) is 0 Å². The lowest BCUT2D eigenvalue weighted by molar-refractivity contribution is 0.314. The minimum absolute atomic E-state index is 0.125. The molecule has 112 valence electrons. The third kappa shape index (κ3) is 4.31. The molecule has 0 fully saturated rings. The van der Waals surface area contributed by atoms with E-state index in [1.54, 1.807) is 0 Å². The van der Waals surface area contributed by atoms with Gasteiger partial charge in [0.15, 0.2) is 0 Å². The largest absolute Gasteiger partial charge is 0.493 e. The third-order valence-corrected chi connectivity index (χ3v) is 3.47. The van der Waals surface area contributed by atoms with E-state index in [9.17, 15) is 0 Å². The van der Waals surface area contributed by atoms with Crippen molar-refractivity contribution in [2.45, 2.75) is 25.8 Å².